The predicted octanol–water partition coefficient (Wildman–Crippen LogP) is 4.58. The van der Waals surface area contributed by atoms with Gasteiger partial charge in [-0.2, -0.15) is 5.26 Å². The van der Waals surface area contributed by atoms with Gasteiger partial charge < -0.3 is 20.0 Å². The Morgan fingerprint density at radius 3 is 2.46 bits per heavy atom. The second-order valence-electron chi connectivity index (χ2n) is 10.2. The van der Waals surface area contributed by atoms with Crippen molar-refractivity contribution in [1.82, 2.24) is 9.88 Å². The number of anilines is 3. The number of nitrogens with one attached hydrogen (secondary N) is 1. The molecule has 3 N–H and O–H groups in total. The van der Waals surface area contributed by atoms with Gasteiger partial charge in [0, 0.05) is 62.8 Å². The number of piperazine rings is 1. The number of nitrogens with zero attached hydrogens (tertiary/aromatic N) is 5. The lowest BCUT2D eigenvalue weighted by Crippen LogP contribution is -2.49. The highest BCUT2D eigenvalue weighted by Gasteiger charge is 2.26. The predicted molar refractivity (Wildman–Crippen MR) is 158 cm³/mol. The van der Waals surface area contributed by atoms with Crippen molar-refractivity contribution in [2.75, 3.05) is 54.4 Å². The molecule has 2 aliphatic heterocycles. The van der Waals surface area contributed by atoms with Crippen LogP contribution in [-0.4, -0.2) is 61.1 Å². The maximum Gasteiger partial charge on any atom is 0.254 e. The van der Waals surface area contributed by atoms with E-state index in [-0.39, 0.29) is 5.91 Å². The molecule has 0 unspecified atom stereocenters. The van der Waals surface area contributed by atoms with Crippen molar-refractivity contribution in [2.45, 2.75) is 37.6 Å². The fraction of sp³-hybridized carbons (Fsp3) is 0.367. The van der Waals surface area contributed by atoms with Crippen LogP contribution in [0.2, 0.25) is 0 Å². The summed E-state index contributed by atoms with van der Waals surface area (Å²) in [5, 5.41) is 19.0. The second kappa shape index (κ2) is 12.0. The average molecular weight is 542 g/mol. The fourth-order valence-electron chi connectivity index (χ4n) is 5.57. The van der Waals surface area contributed by atoms with Gasteiger partial charge in [0.15, 0.2) is 0 Å². The molecule has 0 radical (unpaired) electrons. The van der Waals surface area contributed by atoms with E-state index in [0.717, 1.165) is 83.4 Å². The topological polar surface area (TPSA) is 102 Å². The van der Waals surface area contributed by atoms with E-state index in [2.05, 4.69) is 39.2 Å². The van der Waals surface area contributed by atoms with Gasteiger partial charge in [-0.05, 0) is 80.1 Å². The van der Waals surface area contributed by atoms with E-state index in [1.807, 2.05) is 54.3 Å². The van der Waals surface area contributed by atoms with Gasteiger partial charge in [-0.1, -0.05) is 18.2 Å². The highest BCUT2D eigenvalue weighted by atomic mass is 32.2. The lowest BCUT2D eigenvalue weighted by molar-refractivity contribution is 0.0745. The fourth-order valence-corrected chi connectivity index (χ4v) is 6.01. The molecule has 0 saturated carbocycles. The molecule has 5 rings (SSSR count). The Bertz CT molecular complexity index is 1370. The van der Waals surface area contributed by atoms with E-state index in [4.69, 9.17) is 5.14 Å². The van der Waals surface area contributed by atoms with Crippen LogP contribution in [0.4, 0.5) is 17.2 Å². The van der Waals surface area contributed by atoms with E-state index < -0.39 is 0 Å². The molecule has 2 aliphatic rings. The van der Waals surface area contributed by atoms with Crippen LogP contribution in [0.5, 0.6) is 0 Å². The number of amides is 1. The van der Waals surface area contributed by atoms with Gasteiger partial charge >= 0.3 is 0 Å². The molecule has 202 valence electrons. The standard InChI is InChI=1S/C30H35N7OS/c1-21-18-22(2)26(34-24-9-12-35(13-10-24)27-7-4-3-6-23(27)20-31)19-25(21)30(38)37-16-14-36(15-17-37)29-28(39-32)8-5-11-33-29/h3-8,11,18-19,24,34H,9-10,12-17,32H2,1-2H3. The molecule has 3 aromatic rings. The minimum Gasteiger partial charge on any atom is -0.382 e. The third kappa shape index (κ3) is 5.82. The summed E-state index contributed by atoms with van der Waals surface area (Å²) in [6.45, 7) is 8.62. The zero-order valence-electron chi connectivity index (χ0n) is 22.6. The van der Waals surface area contributed by atoms with E-state index in [1.165, 1.54) is 11.9 Å². The molecular weight excluding hydrogens is 506 g/mol. The Balaban J connectivity index is 1.23. The Morgan fingerprint density at radius 1 is 1.00 bits per heavy atom. The molecule has 3 heterocycles. The molecule has 0 spiro atoms. The van der Waals surface area contributed by atoms with Gasteiger partial charge in [0.2, 0.25) is 0 Å². The van der Waals surface area contributed by atoms with E-state index in [0.29, 0.717) is 19.1 Å². The largest absolute Gasteiger partial charge is 0.382 e. The highest BCUT2D eigenvalue weighted by molar-refractivity contribution is 7.97. The zero-order valence-corrected chi connectivity index (χ0v) is 23.4. The van der Waals surface area contributed by atoms with Gasteiger partial charge in [0.25, 0.3) is 5.91 Å². The SMILES string of the molecule is Cc1cc(C)c(C(=O)N2CCN(c3ncccc3SN)CC2)cc1NC1CCN(c2ccccc2C#N)CC1. The molecular formula is C30H35N7OS. The molecule has 9 heteroatoms. The van der Waals surface area contributed by atoms with Crippen LogP contribution in [0, 0.1) is 25.2 Å². The third-order valence-electron chi connectivity index (χ3n) is 7.77. The van der Waals surface area contributed by atoms with E-state index in [9.17, 15) is 10.1 Å². The molecule has 8 nitrogen and oxygen atoms in total. The third-order valence-corrected chi connectivity index (χ3v) is 8.34. The van der Waals surface area contributed by atoms with Crippen molar-refractivity contribution in [2.24, 2.45) is 5.14 Å². The molecule has 2 fully saturated rings. The number of pyridine rings is 1. The first kappa shape index (κ1) is 26.9. The Kier molecular flexibility index (Phi) is 8.24. The van der Waals surface area contributed by atoms with Crippen molar-refractivity contribution in [1.29, 1.82) is 5.26 Å². The maximum absolute atomic E-state index is 13.6. The summed E-state index contributed by atoms with van der Waals surface area (Å²) >= 11 is 1.21. The molecule has 0 aliphatic carbocycles. The van der Waals surface area contributed by atoms with Crippen molar-refractivity contribution < 1.29 is 4.79 Å². The van der Waals surface area contributed by atoms with Crippen molar-refractivity contribution in [3.8, 4) is 6.07 Å². The average Bonchev–Trinajstić information content (AvgIpc) is 2.98. The van der Waals surface area contributed by atoms with Crippen LogP contribution in [0.15, 0.2) is 59.6 Å². The monoisotopic (exact) mass is 541 g/mol. The lowest BCUT2D eigenvalue weighted by Gasteiger charge is -2.36. The summed E-state index contributed by atoms with van der Waals surface area (Å²) in [7, 11) is 0. The molecule has 0 atom stereocenters. The zero-order chi connectivity index (χ0) is 27.4. The van der Waals surface area contributed by atoms with Crippen LogP contribution in [0.1, 0.15) is 39.9 Å². The van der Waals surface area contributed by atoms with Crippen LogP contribution in [0.3, 0.4) is 0 Å². The Morgan fingerprint density at radius 2 is 1.74 bits per heavy atom. The number of carbonyl (C=O) groups excluding carboxylic acids is 1. The van der Waals surface area contributed by atoms with Gasteiger partial charge in [-0.3, -0.25) is 9.93 Å². The summed E-state index contributed by atoms with van der Waals surface area (Å²) in [4.78, 5) is 25.5. The van der Waals surface area contributed by atoms with Gasteiger partial charge in [0.05, 0.1) is 16.1 Å². The number of para-hydroxylation sites is 1. The Labute approximate surface area is 234 Å². The van der Waals surface area contributed by atoms with Crippen LogP contribution in [0.25, 0.3) is 0 Å². The van der Waals surface area contributed by atoms with Gasteiger partial charge in [-0.15, -0.1) is 0 Å². The summed E-state index contributed by atoms with van der Waals surface area (Å²) in [6.07, 6.45) is 3.72. The van der Waals surface area contributed by atoms with Crippen LogP contribution >= 0.6 is 11.9 Å². The number of piperidine rings is 1. The van der Waals surface area contributed by atoms with E-state index >= 15 is 0 Å². The molecule has 1 aromatic heterocycles. The summed E-state index contributed by atoms with van der Waals surface area (Å²) in [5.74, 6) is 0.963. The number of nitriles is 1. The van der Waals surface area contributed by atoms with Crippen molar-refractivity contribution in [3.05, 3.63) is 77.0 Å². The van der Waals surface area contributed by atoms with Gasteiger partial charge in [-0.25, -0.2) is 4.98 Å². The molecule has 0 bridgehead atoms. The molecule has 39 heavy (non-hydrogen) atoms. The first-order valence-electron chi connectivity index (χ1n) is 13.5. The lowest BCUT2D eigenvalue weighted by atomic mass is 9.99. The van der Waals surface area contributed by atoms with E-state index in [1.54, 1.807) is 6.20 Å². The normalized spacial score (nSPS) is 16.2. The maximum atomic E-state index is 13.6. The smallest absolute Gasteiger partial charge is 0.254 e. The first-order valence-corrected chi connectivity index (χ1v) is 14.3. The minimum atomic E-state index is 0.0765. The van der Waals surface area contributed by atoms with Crippen molar-refractivity contribution >= 4 is 35.0 Å². The number of hydrogen-bond donors (Lipinski definition) is 2. The second-order valence-corrected chi connectivity index (χ2v) is 10.9. The Hall–Kier alpha value is -3.74. The molecule has 2 aromatic carbocycles. The minimum absolute atomic E-state index is 0.0765. The van der Waals surface area contributed by atoms with Crippen molar-refractivity contribution in [3.63, 3.8) is 0 Å². The number of rotatable bonds is 6. The van der Waals surface area contributed by atoms with Gasteiger partial charge in [0.1, 0.15) is 11.9 Å². The first-order chi connectivity index (χ1) is 19.0. The summed E-state index contributed by atoms with van der Waals surface area (Å²) < 4.78 is 0. The summed E-state index contributed by atoms with van der Waals surface area (Å²) in [5.41, 5.74) is 5.66. The highest BCUT2D eigenvalue weighted by Crippen LogP contribution is 2.29. The number of benzene rings is 2. The molecule has 1 amide bonds. The number of carbonyl (C=O) groups is 1. The number of aromatic nitrogens is 1. The number of nitrogens with two attached hydrogens (primary N) is 1. The quantitative estimate of drug-likeness (QED) is 0.438. The van der Waals surface area contributed by atoms with Crippen LogP contribution < -0.4 is 20.3 Å². The van der Waals surface area contributed by atoms with Crippen LogP contribution in [-0.2, 0) is 0 Å². The number of aryl methyl sites for hydroxylation is 2. The molecule has 2 saturated heterocycles. The summed E-state index contributed by atoms with van der Waals surface area (Å²) in [6, 6.07) is 18.5. The number of hydrogen-bond acceptors (Lipinski definition) is 8.